The molecule has 1 aliphatic heterocycles. The largest absolute Gasteiger partial charge is 0.340 e. The Labute approximate surface area is 283 Å². The van der Waals surface area contributed by atoms with E-state index in [1.54, 1.807) is 24.0 Å². The van der Waals surface area contributed by atoms with Gasteiger partial charge in [0, 0.05) is 38.5 Å². The standard InChI is InChI=1S/C33H43FN8O5S/c1-5-25-30(39-47-38-25)32(45)37-29(21-8-6-19(2)7-9-21)26(43)17-23-11-10-22(16-24(23)34)20(3)28(36-31(44)27-18-35-40-48-27)33(46)42-14-12-41(4)13-15-42/h10-11,16,18-21,28-29H,5-9,12-15,17H2,1-4H3,(H,36,44)(H,37,45)/t19?,20-,21?,28+,29-/m0/s1. The summed E-state index contributed by atoms with van der Waals surface area (Å²) in [6.07, 6.45) is 4.94. The number of carbonyl (C=O) groups excluding carboxylic acids is 4. The van der Waals surface area contributed by atoms with Crippen LogP contribution in [0.1, 0.15) is 89.4 Å². The summed E-state index contributed by atoms with van der Waals surface area (Å²) < 4.78 is 24.3. The van der Waals surface area contributed by atoms with Crippen LogP contribution in [0.2, 0.25) is 0 Å². The van der Waals surface area contributed by atoms with E-state index in [1.165, 1.54) is 12.3 Å². The molecule has 15 heteroatoms. The third-order valence-electron chi connectivity index (χ3n) is 9.69. The first-order chi connectivity index (χ1) is 23.0. The third-order valence-corrected chi connectivity index (χ3v) is 10.4. The van der Waals surface area contributed by atoms with E-state index in [-0.39, 0.29) is 40.2 Å². The molecular formula is C33H43FN8O5S. The van der Waals surface area contributed by atoms with Crippen LogP contribution in [-0.2, 0) is 22.4 Å². The molecule has 2 aromatic heterocycles. The molecule has 2 N–H and O–H groups in total. The number of rotatable bonds is 12. The van der Waals surface area contributed by atoms with Gasteiger partial charge in [-0.1, -0.05) is 55.4 Å². The van der Waals surface area contributed by atoms with Gasteiger partial charge in [0.1, 0.15) is 22.4 Å². The SMILES string of the molecule is CCc1nonc1C(=O)N[C@H](C(=O)Cc1ccc([C@H](C)[C@@H](NC(=O)c2cnns2)C(=O)N2CCN(C)CC2)cc1F)C1CCC(C)CC1. The molecule has 3 amide bonds. The Balaban J connectivity index is 1.34. The lowest BCUT2D eigenvalue weighted by molar-refractivity contribution is -0.135. The van der Waals surface area contributed by atoms with Crippen molar-refractivity contribution in [2.75, 3.05) is 33.2 Å². The molecule has 48 heavy (non-hydrogen) atoms. The van der Waals surface area contributed by atoms with Crippen LogP contribution in [0.5, 0.6) is 0 Å². The molecule has 0 spiro atoms. The Morgan fingerprint density at radius 1 is 1.04 bits per heavy atom. The lowest BCUT2D eigenvalue weighted by Crippen LogP contribution is -2.55. The van der Waals surface area contributed by atoms with Gasteiger partial charge >= 0.3 is 0 Å². The second kappa shape index (κ2) is 15.9. The topological polar surface area (TPSA) is 164 Å². The van der Waals surface area contributed by atoms with Gasteiger partial charge in [-0.15, -0.1) is 5.10 Å². The molecule has 3 atom stereocenters. The van der Waals surface area contributed by atoms with E-state index >= 15 is 4.39 Å². The molecule has 2 aliphatic rings. The van der Waals surface area contributed by atoms with E-state index < -0.39 is 35.6 Å². The van der Waals surface area contributed by atoms with E-state index in [9.17, 15) is 19.2 Å². The fourth-order valence-corrected chi connectivity index (χ4v) is 6.90. The van der Waals surface area contributed by atoms with Crippen molar-refractivity contribution < 1.29 is 28.2 Å². The zero-order valence-corrected chi connectivity index (χ0v) is 28.6. The molecule has 258 valence electrons. The number of aromatic nitrogens is 4. The van der Waals surface area contributed by atoms with Crippen LogP contribution in [-0.4, -0.2) is 98.5 Å². The van der Waals surface area contributed by atoms with Gasteiger partial charge in [-0.2, -0.15) is 0 Å². The second-order valence-electron chi connectivity index (χ2n) is 13.0. The maximum Gasteiger partial charge on any atom is 0.276 e. The van der Waals surface area contributed by atoms with E-state index in [1.807, 2.05) is 14.0 Å². The summed E-state index contributed by atoms with van der Waals surface area (Å²) in [5.41, 5.74) is 1.12. The van der Waals surface area contributed by atoms with Crippen LogP contribution in [0.15, 0.2) is 29.0 Å². The van der Waals surface area contributed by atoms with Crippen LogP contribution >= 0.6 is 11.5 Å². The monoisotopic (exact) mass is 682 g/mol. The lowest BCUT2D eigenvalue weighted by atomic mass is 9.77. The number of aryl methyl sites for hydroxylation is 1. The Morgan fingerprint density at radius 3 is 2.42 bits per heavy atom. The van der Waals surface area contributed by atoms with Crippen LogP contribution < -0.4 is 10.6 Å². The number of ketones is 1. The van der Waals surface area contributed by atoms with Gasteiger partial charge in [-0.25, -0.2) is 9.02 Å². The molecular weight excluding hydrogens is 639 g/mol. The quantitative estimate of drug-likeness (QED) is 0.290. The highest BCUT2D eigenvalue weighted by Gasteiger charge is 2.36. The first-order valence-electron chi connectivity index (χ1n) is 16.5. The summed E-state index contributed by atoms with van der Waals surface area (Å²) >= 11 is 0.921. The molecule has 1 aromatic carbocycles. The van der Waals surface area contributed by atoms with Crippen molar-refractivity contribution in [3.8, 4) is 0 Å². The number of hydrogen-bond donors (Lipinski definition) is 2. The van der Waals surface area contributed by atoms with Crippen molar-refractivity contribution >= 4 is 35.0 Å². The third kappa shape index (κ3) is 8.29. The van der Waals surface area contributed by atoms with Gasteiger partial charge in [0.15, 0.2) is 11.5 Å². The van der Waals surface area contributed by atoms with Crippen molar-refractivity contribution in [2.45, 2.75) is 77.3 Å². The van der Waals surface area contributed by atoms with E-state index in [2.05, 4.69) is 42.4 Å². The second-order valence-corrected chi connectivity index (χ2v) is 13.8. The Bertz CT molecular complexity index is 1580. The fraction of sp³-hybridized carbons (Fsp3) is 0.576. The molecule has 3 aromatic rings. The molecule has 0 radical (unpaired) electrons. The summed E-state index contributed by atoms with van der Waals surface area (Å²) in [7, 11) is 1.98. The molecule has 1 saturated carbocycles. The predicted octanol–water partition coefficient (Wildman–Crippen LogP) is 3.04. The smallest absolute Gasteiger partial charge is 0.276 e. The van der Waals surface area contributed by atoms with Crippen LogP contribution in [0.25, 0.3) is 0 Å². The Morgan fingerprint density at radius 2 is 1.77 bits per heavy atom. The molecule has 3 heterocycles. The number of Topliss-reactive ketones (excluding diaryl/α,β-unsaturated/α-hetero) is 1. The number of hydrogen-bond acceptors (Lipinski definition) is 11. The lowest BCUT2D eigenvalue weighted by Gasteiger charge is -2.36. The zero-order valence-electron chi connectivity index (χ0n) is 27.8. The summed E-state index contributed by atoms with van der Waals surface area (Å²) in [6.45, 7) is 8.19. The zero-order chi connectivity index (χ0) is 34.4. The van der Waals surface area contributed by atoms with Gasteiger partial charge in [0.2, 0.25) is 5.91 Å². The van der Waals surface area contributed by atoms with Crippen molar-refractivity contribution in [3.05, 3.63) is 57.6 Å². The van der Waals surface area contributed by atoms with Crippen LogP contribution in [0.4, 0.5) is 4.39 Å². The number of piperazine rings is 1. The number of nitrogens with zero attached hydrogens (tertiary/aromatic N) is 6. The highest BCUT2D eigenvalue weighted by molar-refractivity contribution is 7.07. The van der Waals surface area contributed by atoms with Gasteiger partial charge < -0.3 is 20.4 Å². The van der Waals surface area contributed by atoms with Crippen LogP contribution in [0, 0.1) is 17.7 Å². The molecule has 2 fully saturated rings. The number of halogens is 1. The fourth-order valence-electron chi connectivity index (χ4n) is 6.48. The Hall–Kier alpha value is -4.11. The highest BCUT2D eigenvalue weighted by atomic mass is 32.1. The average Bonchev–Trinajstić information content (AvgIpc) is 3.80. The van der Waals surface area contributed by atoms with Crippen molar-refractivity contribution in [1.82, 2.24) is 40.3 Å². The maximum absolute atomic E-state index is 15.8. The van der Waals surface area contributed by atoms with Gasteiger partial charge in [-0.05, 0) is 72.0 Å². The van der Waals surface area contributed by atoms with E-state index in [0.717, 1.165) is 37.2 Å². The molecule has 13 nitrogen and oxygen atoms in total. The van der Waals surface area contributed by atoms with Crippen molar-refractivity contribution in [2.24, 2.45) is 11.8 Å². The molecule has 0 bridgehead atoms. The minimum atomic E-state index is -0.970. The van der Waals surface area contributed by atoms with Crippen LogP contribution in [0.3, 0.4) is 0 Å². The van der Waals surface area contributed by atoms with Crippen molar-refractivity contribution in [3.63, 3.8) is 0 Å². The minimum absolute atomic E-state index is 0.0448. The maximum atomic E-state index is 15.8. The first-order valence-corrected chi connectivity index (χ1v) is 17.3. The summed E-state index contributed by atoms with van der Waals surface area (Å²) in [6, 6.07) is 2.76. The number of likely N-dealkylation sites (N-methyl/N-ethyl adjacent to an activating group) is 1. The Kier molecular flexibility index (Phi) is 11.6. The van der Waals surface area contributed by atoms with Gasteiger partial charge in [0.25, 0.3) is 11.8 Å². The summed E-state index contributed by atoms with van der Waals surface area (Å²) in [4.78, 5) is 57.9. The van der Waals surface area contributed by atoms with E-state index in [0.29, 0.717) is 49.8 Å². The van der Waals surface area contributed by atoms with Crippen molar-refractivity contribution in [1.29, 1.82) is 0 Å². The number of benzene rings is 1. The molecule has 1 saturated heterocycles. The average molecular weight is 683 g/mol. The summed E-state index contributed by atoms with van der Waals surface area (Å²) in [5, 5.41) is 16.9. The number of nitrogens with one attached hydrogen (secondary N) is 2. The number of amides is 3. The minimum Gasteiger partial charge on any atom is -0.340 e. The molecule has 1 aliphatic carbocycles. The van der Waals surface area contributed by atoms with E-state index in [4.69, 9.17) is 4.63 Å². The first kappa shape index (κ1) is 35.2. The van der Waals surface area contributed by atoms with Gasteiger partial charge in [-0.3, -0.25) is 19.2 Å². The summed E-state index contributed by atoms with van der Waals surface area (Å²) in [5.74, 6) is -2.34. The molecule has 0 unspecified atom stereocenters. The highest BCUT2D eigenvalue weighted by Crippen LogP contribution is 2.32. The normalized spacial score (nSPS) is 20.5. The molecule has 5 rings (SSSR count). The van der Waals surface area contributed by atoms with Gasteiger partial charge in [0.05, 0.1) is 12.2 Å². The number of carbonyl (C=O) groups is 4. The predicted molar refractivity (Wildman–Crippen MR) is 175 cm³/mol.